The van der Waals surface area contributed by atoms with Crippen LogP contribution in [0.3, 0.4) is 0 Å². The summed E-state index contributed by atoms with van der Waals surface area (Å²) in [7, 11) is 0. The van der Waals surface area contributed by atoms with Crippen LogP contribution in [0.15, 0.2) is 52.5 Å². The number of imide groups is 2. The average molecular weight is 490 g/mol. The Labute approximate surface area is 182 Å². The van der Waals surface area contributed by atoms with E-state index in [1.165, 1.54) is 30.3 Å². The lowest BCUT2D eigenvalue weighted by Gasteiger charge is -2.26. The van der Waals surface area contributed by atoms with E-state index in [4.69, 9.17) is 9.84 Å². The lowest BCUT2D eigenvalue weighted by molar-refractivity contribution is -0.384. The standard InChI is InChI=1S/C19H12BrN3O8/c20-11-4-5-15(31-9-16(24)25)10(6-11)7-14-17(26)21-19(28)22(18(14)27)12-2-1-3-13(8-12)23(29)30/h1-8H,9H2,(H,24,25)(H,21,26,28). The van der Waals surface area contributed by atoms with Gasteiger partial charge in [-0.3, -0.25) is 25.0 Å². The quantitative estimate of drug-likeness (QED) is 0.271. The molecule has 1 saturated heterocycles. The number of carbonyl (C=O) groups excluding carboxylic acids is 3. The number of aliphatic carboxylic acids is 1. The number of carboxylic acid groups (broad SMARTS) is 1. The molecule has 0 aliphatic carbocycles. The van der Waals surface area contributed by atoms with Crippen molar-refractivity contribution in [3.63, 3.8) is 0 Å². The first-order valence-electron chi connectivity index (χ1n) is 8.47. The summed E-state index contributed by atoms with van der Waals surface area (Å²) in [5, 5.41) is 21.8. The van der Waals surface area contributed by atoms with E-state index < -0.39 is 40.9 Å². The number of amides is 4. The van der Waals surface area contributed by atoms with Gasteiger partial charge in [-0.15, -0.1) is 0 Å². The van der Waals surface area contributed by atoms with Crippen molar-refractivity contribution in [2.45, 2.75) is 0 Å². The molecule has 0 aromatic heterocycles. The second-order valence-electron chi connectivity index (χ2n) is 6.10. The summed E-state index contributed by atoms with van der Waals surface area (Å²) < 4.78 is 5.73. The summed E-state index contributed by atoms with van der Waals surface area (Å²) in [4.78, 5) is 59.3. The molecule has 1 heterocycles. The minimum Gasteiger partial charge on any atom is -0.481 e. The van der Waals surface area contributed by atoms with Gasteiger partial charge < -0.3 is 9.84 Å². The number of carbonyl (C=O) groups is 4. The van der Waals surface area contributed by atoms with Crippen molar-refractivity contribution >= 4 is 57.2 Å². The lowest BCUT2D eigenvalue weighted by atomic mass is 10.1. The molecule has 2 aromatic carbocycles. The van der Waals surface area contributed by atoms with Crippen LogP contribution in [0.1, 0.15) is 5.56 Å². The Morgan fingerprint density at radius 2 is 1.97 bits per heavy atom. The van der Waals surface area contributed by atoms with Gasteiger partial charge in [-0.05, 0) is 30.3 Å². The third-order valence-electron chi connectivity index (χ3n) is 4.02. The van der Waals surface area contributed by atoms with Gasteiger partial charge >= 0.3 is 12.0 Å². The van der Waals surface area contributed by atoms with Crippen LogP contribution in [0.25, 0.3) is 6.08 Å². The van der Waals surface area contributed by atoms with Crippen molar-refractivity contribution in [1.29, 1.82) is 0 Å². The maximum Gasteiger partial charge on any atom is 0.341 e. The molecular weight excluding hydrogens is 478 g/mol. The van der Waals surface area contributed by atoms with E-state index in [9.17, 15) is 29.3 Å². The number of nitro benzene ring substituents is 1. The van der Waals surface area contributed by atoms with E-state index in [0.717, 1.165) is 12.1 Å². The molecule has 0 atom stereocenters. The third-order valence-corrected chi connectivity index (χ3v) is 4.52. The second-order valence-corrected chi connectivity index (χ2v) is 7.02. The highest BCUT2D eigenvalue weighted by molar-refractivity contribution is 9.10. The first kappa shape index (κ1) is 21.6. The summed E-state index contributed by atoms with van der Waals surface area (Å²) in [6.45, 7) is -0.657. The summed E-state index contributed by atoms with van der Waals surface area (Å²) in [6.07, 6.45) is 1.14. The van der Waals surface area contributed by atoms with Gasteiger partial charge in [-0.1, -0.05) is 22.0 Å². The van der Waals surface area contributed by atoms with E-state index in [2.05, 4.69) is 15.9 Å². The number of nitrogens with one attached hydrogen (secondary N) is 1. The second kappa shape index (κ2) is 8.75. The molecule has 2 aromatic rings. The van der Waals surface area contributed by atoms with Crippen LogP contribution in [-0.2, 0) is 14.4 Å². The Morgan fingerprint density at radius 1 is 1.23 bits per heavy atom. The molecule has 0 spiro atoms. The molecule has 31 heavy (non-hydrogen) atoms. The Bertz CT molecular complexity index is 1160. The summed E-state index contributed by atoms with van der Waals surface area (Å²) >= 11 is 3.24. The number of barbiturate groups is 1. The molecule has 2 N–H and O–H groups in total. The Hall–Kier alpha value is -4.06. The predicted octanol–water partition coefficient (Wildman–Crippen LogP) is 2.49. The van der Waals surface area contributed by atoms with Crippen LogP contribution in [0, 0.1) is 10.1 Å². The third kappa shape index (κ3) is 4.75. The Balaban J connectivity index is 2.04. The number of ether oxygens (including phenoxy) is 1. The number of rotatable bonds is 6. The predicted molar refractivity (Wildman–Crippen MR) is 109 cm³/mol. The molecule has 158 valence electrons. The average Bonchev–Trinajstić information content (AvgIpc) is 2.70. The molecule has 11 nitrogen and oxygen atoms in total. The van der Waals surface area contributed by atoms with Crippen molar-refractivity contribution in [3.05, 3.63) is 68.2 Å². The fraction of sp³-hybridized carbons (Fsp3) is 0.0526. The van der Waals surface area contributed by atoms with Gasteiger partial charge in [0.25, 0.3) is 17.5 Å². The van der Waals surface area contributed by atoms with Crippen molar-refractivity contribution in [1.82, 2.24) is 5.32 Å². The fourth-order valence-corrected chi connectivity index (χ4v) is 3.07. The monoisotopic (exact) mass is 489 g/mol. The van der Waals surface area contributed by atoms with Gasteiger partial charge in [-0.25, -0.2) is 14.5 Å². The van der Waals surface area contributed by atoms with E-state index in [1.54, 1.807) is 6.07 Å². The Kier molecular flexibility index (Phi) is 6.11. The molecule has 12 heteroatoms. The van der Waals surface area contributed by atoms with Gasteiger partial charge in [0.15, 0.2) is 6.61 Å². The van der Waals surface area contributed by atoms with Crippen molar-refractivity contribution in [2.75, 3.05) is 11.5 Å². The van der Waals surface area contributed by atoms with Crippen LogP contribution in [0.5, 0.6) is 5.75 Å². The van der Waals surface area contributed by atoms with Crippen LogP contribution in [0.4, 0.5) is 16.2 Å². The zero-order valence-corrected chi connectivity index (χ0v) is 17.0. The van der Waals surface area contributed by atoms with E-state index >= 15 is 0 Å². The first-order valence-corrected chi connectivity index (χ1v) is 9.26. The Morgan fingerprint density at radius 3 is 2.65 bits per heavy atom. The number of hydrogen-bond donors (Lipinski definition) is 2. The van der Waals surface area contributed by atoms with Gasteiger partial charge in [-0.2, -0.15) is 0 Å². The van der Waals surface area contributed by atoms with Gasteiger partial charge in [0.1, 0.15) is 11.3 Å². The summed E-state index contributed by atoms with van der Waals surface area (Å²) in [5.41, 5.74) is -0.713. The number of nitrogens with zero attached hydrogens (tertiary/aromatic N) is 2. The minimum atomic E-state index is -1.23. The maximum atomic E-state index is 13.0. The number of urea groups is 1. The number of benzene rings is 2. The molecule has 0 saturated carbocycles. The topological polar surface area (TPSA) is 156 Å². The van der Waals surface area contributed by atoms with Crippen LogP contribution < -0.4 is 15.0 Å². The normalized spacial score (nSPS) is 15.1. The number of hydrogen-bond acceptors (Lipinski definition) is 7. The van der Waals surface area contributed by atoms with E-state index in [1.807, 2.05) is 5.32 Å². The van der Waals surface area contributed by atoms with Crippen molar-refractivity contribution < 1.29 is 33.9 Å². The molecule has 1 aliphatic rings. The van der Waals surface area contributed by atoms with Crippen molar-refractivity contribution in [2.24, 2.45) is 0 Å². The highest BCUT2D eigenvalue weighted by Crippen LogP contribution is 2.29. The van der Waals surface area contributed by atoms with Gasteiger partial charge in [0, 0.05) is 22.2 Å². The fourth-order valence-electron chi connectivity index (χ4n) is 2.70. The maximum absolute atomic E-state index is 13.0. The van der Waals surface area contributed by atoms with E-state index in [0.29, 0.717) is 9.37 Å². The van der Waals surface area contributed by atoms with Crippen LogP contribution in [-0.4, -0.2) is 40.5 Å². The molecular formula is C19H12BrN3O8. The van der Waals surface area contributed by atoms with E-state index in [-0.39, 0.29) is 22.7 Å². The summed E-state index contributed by atoms with van der Waals surface area (Å²) in [6, 6.07) is 8.23. The van der Waals surface area contributed by atoms with Crippen molar-refractivity contribution in [3.8, 4) is 5.75 Å². The number of carboxylic acids is 1. The largest absolute Gasteiger partial charge is 0.481 e. The molecule has 3 rings (SSSR count). The lowest BCUT2D eigenvalue weighted by Crippen LogP contribution is -2.54. The molecule has 1 aliphatic heterocycles. The summed E-state index contributed by atoms with van der Waals surface area (Å²) in [5.74, 6) is -3.15. The minimum absolute atomic E-state index is 0.0810. The smallest absolute Gasteiger partial charge is 0.341 e. The van der Waals surface area contributed by atoms with Gasteiger partial charge in [0.2, 0.25) is 0 Å². The highest BCUT2D eigenvalue weighted by Gasteiger charge is 2.37. The molecule has 0 radical (unpaired) electrons. The first-order chi connectivity index (χ1) is 14.7. The SMILES string of the molecule is O=C(O)COc1ccc(Br)cc1C=C1C(=O)NC(=O)N(c2cccc([N+](=O)[O-])c2)C1=O. The zero-order chi connectivity index (χ0) is 22.7. The molecule has 4 amide bonds. The molecule has 0 unspecified atom stereocenters. The van der Waals surface area contributed by atoms with Crippen LogP contribution in [0.2, 0.25) is 0 Å². The number of nitro groups is 1. The number of halogens is 1. The number of non-ortho nitro benzene ring substituents is 1. The molecule has 0 bridgehead atoms. The molecule has 1 fully saturated rings. The van der Waals surface area contributed by atoms with Crippen LogP contribution >= 0.6 is 15.9 Å². The number of anilines is 1. The van der Waals surface area contributed by atoms with Gasteiger partial charge in [0.05, 0.1) is 10.6 Å². The highest BCUT2D eigenvalue weighted by atomic mass is 79.9. The zero-order valence-electron chi connectivity index (χ0n) is 15.4.